The van der Waals surface area contributed by atoms with Crippen LogP contribution < -0.4 is 0 Å². The van der Waals surface area contributed by atoms with Crippen LogP contribution >= 0.6 is 0 Å². The number of carbonyl (C=O) groups is 3. The van der Waals surface area contributed by atoms with Gasteiger partial charge in [0.05, 0.1) is 24.4 Å². The van der Waals surface area contributed by atoms with Gasteiger partial charge in [-0.3, -0.25) is 9.59 Å². The Morgan fingerprint density at radius 2 is 1.74 bits per heavy atom. The number of nitrogens with zero attached hydrogens (tertiary/aromatic N) is 1. The van der Waals surface area contributed by atoms with E-state index in [1.807, 2.05) is 34.6 Å². The van der Waals surface area contributed by atoms with Crippen LogP contribution in [0.15, 0.2) is 28.2 Å². The van der Waals surface area contributed by atoms with Crippen molar-refractivity contribution >= 4 is 17.7 Å². The van der Waals surface area contributed by atoms with Crippen LogP contribution in [0.2, 0.25) is 0 Å². The van der Waals surface area contributed by atoms with Gasteiger partial charge >= 0.3 is 11.9 Å². The number of fused-ring (bicyclic) bond motifs is 3. The highest BCUT2D eigenvalue weighted by Gasteiger charge is 2.88. The highest BCUT2D eigenvalue weighted by atomic mass is 16.7. The van der Waals surface area contributed by atoms with Gasteiger partial charge in [-0.15, -0.1) is 0 Å². The average Bonchev–Trinajstić information content (AvgIpc) is 3.37. The maximum atomic E-state index is 14.3. The number of ether oxygens (including phenoxy) is 3. The molecule has 188 valence electrons. The molecule has 1 spiro atoms. The highest BCUT2D eigenvalue weighted by molar-refractivity contribution is 5.93. The quantitative estimate of drug-likeness (QED) is 0.351. The second kappa shape index (κ2) is 6.60. The maximum absolute atomic E-state index is 14.3. The zero-order valence-electron chi connectivity index (χ0n) is 20.7. The predicted octanol–water partition coefficient (Wildman–Crippen LogP) is 3.89. The predicted molar refractivity (Wildman–Crippen MR) is 120 cm³/mol. The molecule has 0 N–H and O–H groups in total. The summed E-state index contributed by atoms with van der Waals surface area (Å²) in [6, 6.07) is 0.925. The van der Waals surface area contributed by atoms with Crippen LogP contribution in [0.4, 0.5) is 0 Å². The Bertz CT molecular complexity index is 1140. The monoisotopic (exact) mass is 485 g/mol. The van der Waals surface area contributed by atoms with Crippen LogP contribution in [0.3, 0.4) is 0 Å². The van der Waals surface area contributed by atoms with Gasteiger partial charge in [0, 0.05) is 28.7 Å². The number of nitroso groups, excluding NO2 is 1. The van der Waals surface area contributed by atoms with Gasteiger partial charge in [-0.2, -0.15) is 4.91 Å². The van der Waals surface area contributed by atoms with E-state index in [-0.39, 0.29) is 24.5 Å². The van der Waals surface area contributed by atoms with E-state index < -0.39 is 63.6 Å². The third kappa shape index (κ3) is 2.41. The molecule has 1 aromatic rings. The van der Waals surface area contributed by atoms with Crippen LogP contribution in [0, 0.1) is 33.0 Å². The van der Waals surface area contributed by atoms with Crippen molar-refractivity contribution in [2.24, 2.45) is 33.3 Å². The second-order valence-electron chi connectivity index (χ2n) is 12.3. The summed E-state index contributed by atoms with van der Waals surface area (Å²) in [5.41, 5.74) is -3.88. The number of cyclic esters (lactones) is 2. The zero-order chi connectivity index (χ0) is 25.2. The summed E-state index contributed by atoms with van der Waals surface area (Å²) in [7, 11) is 0. The third-order valence-electron chi connectivity index (χ3n) is 10.6. The normalized spacial score (nSPS) is 49.9. The first-order valence-electron chi connectivity index (χ1n) is 12.4. The van der Waals surface area contributed by atoms with E-state index >= 15 is 0 Å². The molecule has 6 rings (SSSR count). The summed E-state index contributed by atoms with van der Waals surface area (Å²) in [5.74, 6) is -1.74. The van der Waals surface area contributed by atoms with Gasteiger partial charge in [0.15, 0.2) is 6.10 Å². The molecule has 0 radical (unpaired) electrons. The van der Waals surface area contributed by atoms with E-state index in [0.29, 0.717) is 12.8 Å². The Hall–Kier alpha value is -2.55. The average molecular weight is 486 g/mol. The maximum Gasteiger partial charge on any atom is 0.339 e. The number of furan rings is 1. The zero-order valence-corrected chi connectivity index (χ0v) is 20.7. The highest BCUT2D eigenvalue weighted by Crippen LogP contribution is 2.78. The lowest BCUT2D eigenvalue weighted by Gasteiger charge is -2.65. The third-order valence-corrected chi connectivity index (χ3v) is 10.6. The van der Waals surface area contributed by atoms with E-state index in [2.05, 4.69) is 5.18 Å². The van der Waals surface area contributed by atoms with E-state index in [1.165, 1.54) is 6.26 Å². The molecule has 9 nitrogen and oxygen atoms in total. The van der Waals surface area contributed by atoms with Crippen LogP contribution in [0.25, 0.3) is 0 Å². The van der Waals surface area contributed by atoms with Crippen LogP contribution in [0.1, 0.15) is 72.0 Å². The molecule has 3 saturated heterocycles. The SMILES string of the molecule is CC1(C)OC(=O)CC(N=O)C2(C)C1CC(=O)C1(C)C2CC[C@@]2(C)[C@H](c3ccoc3)OC(=O)C3OC312. The van der Waals surface area contributed by atoms with Gasteiger partial charge in [0.2, 0.25) is 0 Å². The van der Waals surface area contributed by atoms with Gasteiger partial charge in [0.25, 0.3) is 0 Å². The molecule has 2 saturated carbocycles. The molecule has 0 aromatic carbocycles. The van der Waals surface area contributed by atoms with E-state index in [4.69, 9.17) is 18.6 Å². The Morgan fingerprint density at radius 1 is 1.00 bits per heavy atom. The van der Waals surface area contributed by atoms with Crippen molar-refractivity contribution in [1.82, 2.24) is 0 Å². The lowest BCUT2D eigenvalue weighted by molar-refractivity contribution is -0.222. The Morgan fingerprint density at radius 3 is 2.40 bits per heavy atom. The summed E-state index contributed by atoms with van der Waals surface area (Å²) in [5, 5.41) is 3.45. The van der Waals surface area contributed by atoms with Crippen molar-refractivity contribution in [2.75, 3.05) is 0 Å². The molecular weight excluding hydrogens is 454 g/mol. The minimum Gasteiger partial charge on any atom is -0.472 e. The topological polar surface area (TPSA) is 125 Å². The minimum atomic E-state index is -1.08. The molecule has 3 aliphatic heterocycles. The van der Waals surface area contributed by atoms with Crippen molar-refractivity contribution in [3.63, 3.8) is 0 Å². The van der Waals surface area contributed by atoms with Crippen molar-refractivity contribution in [3.8, 4) is 0 Å². The summed E-state index contributed by atoms with van der Waals surface area (Å²) >= 11 is 0. The molecule has 5 aliphatic rings. The largest absolute Gasteiger partial charge is 0.472 e. The van der Waals surface area contributed by atoms with Crippen molar-refractivity contribution in [2.45, 2.75) is 89.8 Å². The number of hydrogen-bond acceptors (Lipinski definition) is 9. The van der Waals surface area contributed by atoms with Crippen molar-refractivity contribution in [1.29, 1.82) is 0 Å². The fourth-order valence-electron chi connectivity index (χ4n) is 9.05. The number of epoxide rings is 1. The van der Waals surface area contributed by atoms with Gasteiger partial charge < -0.3 is 18.6 Å². The van der Waals surface area contributed by atoms with E-state index in [1.54, 1.807) is 12.3 Å². The van der Waals surface area contributed by atoms with Gasteiger partial charge in [-0.25, -0.2) is 4.79 Å². The van der Waals surface area contributed by atoms with E-state index in [9.17, 15) is 19.3 Å². The molecular formula is C26H31NO8. The molecule has 2 aliphatic carbocycles. The summed E-state index contributed by atoms with van der Waals surface area (Å²) < 4.78 is 23.3. The Kier molecular flexibility index (Phi) is 4.32. The molecule has 0 bridgehead atoms. The van der Waals surface area contributed by atoms with Gasteiger partial charge in [0.1, 0.15) is 29.1 Å². The number of ketones is 1. The number of hydrogen-bond donors (Lipinski definition) is 0. The van der Waals surface area contributed by atoms with Gasteiger partial charge in [-0.1, -0.05) is 19.0 Å². The molecule has 7 unspecified atom stereocenters. The first-order chi connectivity index (χ1) is 16.4. The molecule has 9 atom stereocenters. The molecule has 5 fully saturated rings. The van der Waals surface area contributed by atoms with E-state index in [0.717, 1.165) is 5.56 Å². The Labute approximate surface area is 203 Å². The molecule has 4 heterocycles. The smallest absolute Gasteiger partial charge is 0.339 e. The van der Waals surface area contributed by atoms with Crippen molar-refractivity contribution in [3.05, 3.63) is 29.1 Å². The first kappa shape index (κ1) is 22.9. The number of esters is 2. The fourth-order valence-corrected chi connectivity index (χ4v) is 9.05. The lowest BCUT2D eigenvalue weighted by Crippen LogP contribution is -2.72. The van der Waals surface area contributed by atoms with Crippen molar-refractivity contribution < 1.29 is 33.0 Å². The van der Waals surface area contributed by atoms with Gasteiger partial charge in [-0.05, 0) is 45.6 Å². The Balaban J connectivity index is 1.54. The number of rotatable bonds is 2. The lowest BCUT2D eigenvalue weighted by atomic mass is 9.36. The number of carbonyl (C=O) groups excluding carboxylic acids is 3. The van der Waals surface area contributed by atoms with Crippen LogP contribution in [-0.2, 0) is 28.6 Å². The summed E-state index contributed by atoms with van der Waals surface area (Å²) in [6.45, 7) is 9.52. The number of Topliss-reactive ketones (excluding diaryl/α,β-unsaturated/α-hetero) is 1. The summed E-state index contributed by atoms with van der Waals surface area (Å²) in [4.78, 5) is 52.2. The molecule has 1 aromatic heterocycles. The standard InChI is InChI=1S/C26H31NO8/c1-22(2)15-10-17(28)25(5)14(24(15,4)16(27-31)11-18(29)34-22)6-8-23(3)19(13-7-9-32-12-13)33-21(30)20-26(23,25)35-20/h7,9,12,14-16,19-20H,6,8,10-11H2,1-5H3/t14?,15?,16?,19-,20?,23-,24?,25?,26?/m0/s1. The molecule has 35 heavy (non-hydrogen) atoms. The summed E-state index contributed by atoms with van der Waals surface area (Å²) in [6.07, 6.45) is 2.79. The molecule has 0 amide bonds. The second-order valence-corrected chi connectivity index (χ2v) is 12.3. The van der Waals surface area contributed by atoms with Crippen LogP contribution in [0.5, 0.6) is 0 Å². The fraction of sp³-hybridized carbons (Fsp3) is 0.731. The van der Waals surface area contributed by atoms with Crippen LogP contribution in [-0.4, -0.2) is 41.1 Å². The molecule has 9 heteroatoms. The minimum absolute atomic E-state index is 0.0327. The first-order valence-corrected chi connectivity index (χ1v) is 12.4.